The summed E-state index contributed by atoms with van der Waals surface area (Å²) in [5.74, 6) is 0.815. The van der Waals surface area contributed by atoms with Crippen LogP contribution in [0.5, 0.6) is 0 Å². The second-order valence-corrected chi connectivity index (χ2v) is 10.7. The fourth-order valence-corrected chi connectivity index (χ4v) is 5.07. The second-order valence-electron chi connectivity index (χ2n) is 8.64. The van der Waals surface area contributed by atoms with Gasteiger partial charge in [0.25, 0.3) is 0 Å². The number of aromatic amines is 1. The first-order valence-corrected chi connectivity index (χ1v) is 12.5. The van der Waals surface area contributed by atoms with Crippen LogP contribution in [-0.2, 0) is 27.1 Å². The number of aromatic nitrogens is 2. The van der Waals surface area contributed by atoms with Crippen molar-refractivity contribution in [1.82, 2.24) is 19.8 Å². The molecule has 0 fully saturated rings. The lowest BCUT2D eigenvalue weighted by molar-refractivity contribution is 0.0956. The number of hydrogen-bond donors (Lipinski definition) is 3. The molecule has 3 N–H and O–H groups in total. The Morgan fingerprint density at radius 2 is 2.06 bits per heavy atom. The summed E-state index contributed by atoms with van der Waals surface area (Å²) in [6, 6.07) is 7.62. The van der Waals surface area contributed by atoms with Gasteiger partial charge >= 0.3 is 6.09 Å². The van der Waals surface area contributed by atoms with Crippen LogP contribution in [-0.4, -0.2) is 48.2 Å². The minimum atomic E-state index is -3.26. The fourth-order valence-electron chi connectivity index (χ4n) is 3.86. The number of nitrogens with one attached hydrogen (secondary N) is 3. The first-order valence-electron chi connectivity index (χ1n) is 10.9. The van der Waals surface area contributed by atoms with Gasteiger partial charge in [-0.2, -0.15) is 5.10 Å². The number of sulfonamides is 1. The Kier molecular flexibility index (Phi) is 7.45. The molecule has 1 aromatic heterocycles. The molecule has 0 saturated carbocycles. The van der Waals surface area contributed by atoms with Crippen LogP contribution in [0.25, 0.3) is 0 Å². The van der Waals surface area contributed by atoms with E-state index in [0.717, 1.165) is 28.9 Å². The summed E-state index contributed by atoms with van der Waals surface area (Å²) >= 11 is 0. The lowest BCUT2D eigenvalue weighted by Crippen LogP contribution is -2.33. The van der Waals surface area contributed by atoms with Crippen LogP contribution in [0, 0.1) is 0 Å². The minimum Gasteiger partial charge on any atom is -0.447 e. The van der Waals surface area contributed by atoms with E-state index in [1.807, 2.05) is 45.0 Å². The number of benzene rings is 1. The van der Waals surface area contributed by atoms with E-state index in [1.54, 1.807) is 7.05 Å². The van der Waals surface area contributed by atoms with Crippen LogP contribution < -0.4 is 10.6 Å². The summed E-state index contributed by atoms with van der Waals surface area (Å²) in [6.45, 7) is 8.08. The Morgan fingerprint density at radius 1 is 1.31 bits per heavy atom. The summed E-state index contributed by atoms with van der Waals surface area (Å²) < 4.78 is 31.2. The van der Waals surface area contributed by atoms with Crippen molar-refractivity contribution in [2.75, 3.05) is 12.4 Å². The Morgan fingerprint density at radius 3 is 2.75 bits per heavy atom. The fraction of sp³-hybridized carbons (Fsp3) is 0.545. The average molecular weight is 464 g/mol. The highest BCUT2D eigenvalue weighted by atomic mass is 32.2. The summed E-state index contributed by atoms with van der Waals surface area (Å²) in [7, 11) is -1.66. The number of rotatable bonds is 8. The molecule has 0 bridgehead atoms. The third kappa shape index (κ3) is 5.80. The van der Waals surface area contributed by atoms with Crippen LogP contribution >= 0.6 is 0 Å². The van der Waals surface area contributed by atoms with Gasteiger partial charge in [-0.15, -0.1) is 0 Å². The van der Waals surface area contributed by atoms with E-state index in [2.05, 4.69) is 27.8 Å². The van der Waals surface area contributed by atoms with Crippen molar-refractivity contribution in [3.63, 3.8) is 0 Å². The highest BCUT2D eigenvalue weighted by molar-refractivity contribution is 7.88. The van der Waals surface area contributed by atoms with Gasteiger partial charge in [0.05, 0.1) is 5.75 Å². The number of fused-ring (bicyclic) bond motifs is 1. The SMILES string of the molecule is CC[C@@H](C[C@@H](C)OC(=O)NC(C)C)c1cc(Nc2cccc3c2CN(C)S(=O)(=O)C3)n[nH]1. The van der Waals surface area contributed by atoms with Crippen molar-refractivity contribution in [2.24, 2.45) is 0 Å². The molecule has 10 heteroatoms. The number of hydrogen-bond acceptors (Lipinski definition) is 6. The van der Waals surface area contributed by atoms with Gasteiger partial charge in [-0.3, -0.25) is 5.10 Å². The predicted octanol–water partition coefficient (Wildman–Crippen LogP) is 3.84. The standard InChI is InChI=1S/C22H33N5O4S/c1-6-16(10-15(4)31-22(28)23-14(2)3)20-11-21(26-25-20)24-19-9-7-8-17-13-32(29,30)27(5)12-18(17)19/h7-9,11,14-16H,6,10,12-13H2,1-5H3,(H,23,28)(H2,24,25,26)/t15-,16+/m1/s1. The van der Waals surface area contributed by atoms with E-state index >= 15 is 0 Å². The Balaban J connectivity index is 1.69. The van der Waals surface area contributed by atoms with Crippen LogP contribution in [0.15, 0.2) is 24.3 Å². The third-order valence-electron chi connectivity index (χ3n) is 5.59. The first-order chi connectivity index (χ1) is 15.1. The molecule has 0 unspecified atom stereocenters. The maximum atomic E-state index is 12.2. The molecule has 0 radical (unpaired) electrons. The van der Waals surface area contributed by atoms with Gasteiger partial charge < -0.3 is 15.4 Å². The number of ether oxygens (including phenoxy) is 1. The molecule has 1 aliphatic rings. The Hall–Kier alpha value is -2.59. The zero-order valence-electron chi connectivity index (χ0n) is 19.3. The molecule has 9 nitrogen and oxygen atoms in total. The van der Waals surface area contributed by atoms with E-state index < -0.39 is 16.1 Å². The van der Waals surface area contributed by atoms with Gasteiger partial charge in [-0.1, -0.05) is 19.1 Å². The highest BCUT2D eigenvalue weighted by Gasteiger charge is 2.28. The molecule has 2 aromatic rings. The largest absolute Gasteiger partial charge is 0.447 e. The van der Waals surface area contributed by atoms with Crippen LogP contribution in [0.4, 0.5) is 16.3 Å². The molecular formula is C22H33N5O4S. The number of alkyl carbamates (subject to hydrolysis) is 1. The topological polar surface area (TPSA) is 116 Å². The van der Waals surface area contributed by atoms with E-state index in [4.69, 9.17) is 4.74 Å². The molecule has 1 aliphatic heterocycles. The molecule has 1 aromatic carbocycles. The third-order valence-corrected chi connectivity index (χ3v) is 7.35. The molecule has 2 heterocycles. The second kappa shape index (κ2) is 9.91. The van der Waals surface area contributed by atoms with Gasteiger partial charge in [0.2, 0.25) is 10.0 Å². The maximum Gasteiger partial charge on any atom is 0.407 e. The van der Waals surface area contributed by atoms with Crippen molar-refractivity contribution in [2.45, 2.75) is 70.9 Å². The summed E-state index contributed by atoms with van der Waals surface area (Å²) in [5, 5.41) is 13.6. The lowest BCUT2D eigenvalue weighted by atomic mass is 9.96. The number of carbonyl (C=O) groups excluding carboxylic acids is 1. The molecule has 176 valence electrons. The molecule has 32 heavy (non-hydrogen) atoms. The number of nitrogens with zero attached hydrogens (tertiary/aromatic N) is 2. The average Bonchev–Trinajstić information content (AvgIpc) is 3.15. The van der Waals surface area contributed by atoms with Crippen molar-refractivity contribution in [3.05, 3.63) is 41.1 Å². The molecule has 0 saturated heterocycles. The molecule has 0 spiro atoms. The Labute approximate surface area is 190 Å². The lowest BCUT2D eigenvalue weighted by Gasteiger charge is -2.26. The zero-order valence-corrected chi connectivity index (χ0v) is 20.1. The minimum absolute atomic E-state index is 0.000350. The quantitative estimate of drug-likeness (QED) is 0.548. The van der Waals surface area contributed by atoms with Gasteiger partial charge in [-0.05, 0) is 50.8 Å². The number of amides is 1. The first kappa shape index (κ1) is 24.1. The van der Waals surface area contributed by atoms with E-state index in [9.17, 15) is 13.2 Å². The molecular weight excluding hydrogens is 430 g/mol. The normalized spacial score (nSPS) is 17.4. The van der Waals surface area contributed by atoms with Gasteiger partial charge in [-0.25, -0.2) is 17.5 Å². The monoisotopic (exact) mass is 463 g/mol. The Bertz CT molecular complexity index is 1050. The van der Waals surface area contributed by atoms with E-state index in [1.165, 1.54) is 4.31 Å². The van der Waals surface area contributed by atoms with Gasteiger partial charge in [0.1, 0.15) is 6.10 Å². The number of H-pyrrole nitrogens is 1. The molecule has 2 atom stereocenters. The summed E-state index contributed by atoms with van der Waals surface area (Å²) in [5.41, 5.74) is 3.57. The van der Waals surface area contributed by atoms with Gasteiger partial charge in [0.15, 0.2) is 5.82 Å². The van der Waals surface area contributed by atoms with Crippen molar-refractivity contribution < 1.29 is 17.9 Å². The summed E-state index contributed by atoms with van der Waals surface area (Å²) in [4.78, 5) is 11.9. The van der Waals surface area contributed by atoms with Crippen LogP contribution in [0.2, 0.25) is 0 Å². The molecule has 0 aliphatic carbocycles. The number of carbonyl (C=O) groups is 1. The maximum absolute atomic E-state index is 12.2. The van der Waals surface area contributed by atoms with Crippen molar-refractivity contribution in [3.8, 4) is 0 Å². The number of anilines is 2. The highest BCUT2D eigenvalue weighted by Crippen LogP contribution is 2.32. The van der Waals surface area contributed by atoms with E-state index in [0.29, 0.717) is 18.8 Å². The van der Waals surface area contributed by atoms with Crippen LogP contribution in [0.3, 0.4) is 0 Å². The van der Waals surface area contributed by atoms with E-state index in [-0.39, 0.29) is 23.8 Å². The van der Waals surface area contributed by atoms with Crippen molar-refractivity contribution >= 4 is 27.6 Å². The smallest absolute Gasteiger partial charge is 0.407 e. The predicted molar refractivity (Wildman–Crippen MR) is 124 cm³/mol. The van der Waals surface area contributed by atoms with Gasteiger partial charge in [0, 0.05) is 43.0 Å². The zero-order chi connectivity index (χ0) is 23.5. The van der Waals surface area contributed by atoms with Crippen molar-refractivity contribution in [1.29, 1.82) is 0 Å². The summed E-state index contributed by atoms with van der Waals surface area (Å²) in [6.07, 6.45) is 0.893. The molecule has 1 amide bonds. The van der Waals surface area contributed by atoms with Crippen LogP contribution in [0.1, 0.15) is 63.3 Å². The molecule has 3 rings (SSSR count).